The highest BCUT2D eigenvalue weighted by Gasteiger charge is 2.63. The van der Waals surface area contributed by atoms with E-state index in [1.165, 1.54) is 20.1 Å². The average Bonchev–Trinajstić information content (AvgIpc) is 3.18. The molecule has 30 heavy (non-hydrogen) atoms. The molecule has 0 spiro atoms. The van der Waals surface area contributed by atoms with Gasteiger partial charge >= 0.3 is 17.9 Å². The Morgan fingerprint density at radius 2 is 1.93 bits per heavy atom. The van der Waals surface area contributed by atoms with E-state index in [-0.39, 0.29) is 30.1 Å². The Hall–Kier alpha value is -2.35. The van der Waals surface area contributed by atoms with Crippen LogP contribution in [0.4, 0.5) is 0 Å². The van der Waals surface area contributed by atoms with Crippen molar-refractivity contribution in [1.29, 1.82) is 0 Å². The van der Waals surface area contributed by atoms with E-state index in [9.17, 15) is 19.5 Å². The number of aliphatic hydroxyl groups is 1. The fourth-order valence-electron chi connectivity index (χ4n) is 6.06. The van der Waals surface area contributed by atoms with E-state index in [4.69, 9.17) is 18.6 Å². The maximum absolute atomic E-state index is 13.0. The van der Waals surface area contributed by atoms with Crippen molar-refractivity contribution >= 4 is 17.9 Å². The lowest BCUT2D eigenvalue weighted by Crippen LogP contribution is -2.63. The molecule has 2 heterocycles. The predicted octanol–water partition coefficient (Wildman–Crippen LogP) is 2.54. The number of fused-ring (bicyclic) bond motifs is 3. The lowest BCUT2D eigenvalue weighted by molar-refractivity contribution is -0.231. The minimum atomic E-state index is -0.761. The molecular formula is C22H28O8. The third kappa shape index (κ3) is 3.51. The molecule has 1 aromatic heterocycles. The van der Waals surface area contributed by atoms with Crippen LogP contribution in [0.5, 0.6) is 0 Å². The van der Waals surface area contributed by atoms with Crippen molar-refractivity contribution in [1.82, 2.24) is 0 Å². The second kappa shape index (κ2) is 7.72. The Labute approximate surface area is 174 Å². The molecule has 0 radical (unpaired) electrons. The molecule has 2 aliphatic carbocycles. The first-order valence-corrected chi connectivity index (χ1v) is 10.5. The van der Waals surface area contributed by atoms with Crippen LogP contribution in [0.3, 0.4) is 0 Å². The summed E-state index contributed by atoms with van der Waals surface area (Å²) in [6.45, 7) is 4.61. The molecule has 3 fully saturated rings. The van der Waals surface area contributed by atoms with Crippen LogP contribution in [-0.4, -0.2) is 41.3 Å². The van der Waals surface area contributed by atoms with Crippen molar-refractivity contribution in [2.45, 2.75) is 70.9 Å². The van der Waals surface area contributed by atoms with E-state index in [0.29, 0.717) is 19.3 Å². The number of aliphatic hydroxyl groups excluding tert-OH is 1. The van der Waals surface area contributed by atoms with Crippen LogP contribution in [0.15, 0.2) is 23.0 Å². The highest BCUT2D eigenvalue weighted by Crippen LogP contribution is 2.60. The van der Waals surface area contributed by atoms with Crippen molar-refractivity contribution < 1.29 is 38.1 Å². The van der Waals surface area contributed by atoms with Crippen LogP contribution in [-0.2, 0) is 28.6 Å². The molecule has 8 nitrogen and oxygen atoms in total. The van der Waals surface area contributed by atoms with Crippen LogP contribution in [0.2, 0.25) is 0 Å². The standard InChI is InChI=1S/C22H28O8/c1-11(23)28-17-8-16(25)14-4-5-15-21(26)30-18(13-6-7-27-10-13)9-22(15,3)19(14)20(17)29-12(2)24/h6-7,10,14-20,25H,4-5,8-9H2,1-3H3/t14-,15+,16-,17+,18+,19+,20+,22-/m1/s1. The Kier molecular flexibility index (Phi) is 5.38. The van der Waals surface area contributed by atoms with Crippen LogP contribution in [0.1, 0.15) is 58.1 Å². The molecule has 3 aliphatic rings. The van der Waals surface area contributed by atoms with E-state index in [1.807, 2.05) is 6.92 Å². The van der Waals surface area contributed by atoms with Gasteiger partial charge < -0.3 is 23.7 Å². The van der Waals surface area contributed by atoms with Gasteiger partial charge in [0.05, 0.1) is 24.5 Å². The van der Waals surface area contributed by atoms with E-state index in [1.54, 1.807) is 12.3 Å². The Bertz CT molecular complexity index is 817. The number of carbonyl (C=O) groups is 3. The van der Waals surface area contributed by atoms with Gasteiger partial charge in [-0.15, -0.1) is 0 Å². The molecule has 0 amide bonds. The van der Waals surface area contributed by atoms with Crippen LogP contribution < -0.4 is 0 Å². The number of carbonyl (C=O) groups excluding carboxylic acids is 3. The van der Waals surface area contributed by atoms with Gasteiger partial charge in [-0.3, -0.25) is 14.4 Å². The molecule has 2 saturated carbocycles. The van der Waals surface area contributed by atoms with E-state index >= 15 is 0 Å². The first-order valence-electron chi connectivity index (χ1n) is 10.5. The third-order valence-corrected chi connectivity index (χ3v) is 7.20. The molecule has 1 aliphatic heterocycles. The molecule has 1 saturated heterocycles. The molecule has 0 unspecified atom stereocenters. The molecule has 0 aromatic carbocycles. The van der Waals surface area contributed by atoms with Crippen LogP contribution in [0, 0.1) is 23.2 Å². The summed E-state index contributed by atoms with van der Waals surface area (Å²) in [5, 5.41) is 10.9. The summed E-state index contributed by atoms with van der Waals surface area (Å²) in [5.41, 5.74) is 0.155. The Balaban J connectivity index is 1.75. The van der Waals surface area contributed by atoms with E-state index in [2.05, 4.69) is 0 Å². The highest BCUT2D eigenvalue weighted by molar-refractivity contribution is 5.75. The van der Waals surface area contributed by atoms with Crippen molar-refractivity contribution in [2.24, 2.45) is 23.2 Å². The second-order valence-electron chi connectivity index (χ2n) is 9.04. The fourth-order valence-corrected chi connectivity index (χ4v) is 6.06. The minimum absolute atomic E-state index is 0.168. The zero-order valence-corrected chi connectivity index (χ0v) is 17.4. The topological polar surface area (TPSA) is 112 Å². The first-order chi connectivity index (χ1) is 14.2. The van der Waals surface area contributed by atoms with Gasteiger partial charge in [-0.1, -0.05) is 6.92 Å². The van der Waals surface area contributed by atoms with Gasteiger partial charge in [-0.05, 0) is 36.7 Å². The van der Waals surface area contributed by atoms with Crippen molar-refractivity contribution in [3.8, 4) is 0 Å². The molecule has 1 aromatic rings. The summed E-state index contributed by atoms with van der Waals surface area (Å²) in [4.78, 5) is 36.6. The monoisotopic (exact) mass is 420 g/mol. The SMILES string of the molecule is CC(=O)O[C@@H]1[C@@H]2[C@H](CC[C@H]3C(=O)O[C@H](c4ccoc4)C[C@@]23C)[C@H](O)C[C@@H]1OC(C)=O. The minimum Gasteiger partial charge on any atom is -0.472 e. The smallest absolute Gasteiger partial charge is 0.310 e. The first kappa shape index (κ1) is 20.9. The number of rotatable bonds is 3. The summed E-state index contributed by atoms with van der Waals surface area (Å²) >= 11 is 0. The third-order valence-electron chi connectivity index (χ3n) is 7.20. The molecule has 4 rings (SSSR count). The number of hydrogen-bond donors (Lipinski definition) is 1. The largest absolute Gasteiger partial charge is 0.472 e. The summed E-state index contributed by atoms with van der Waals surface area (Å²) in [6.07, 6.45) is 2.31. The maximum atomic E-state index is 13.0. The highest BCUT2D eigenvalue weighted by atomic mass is 16.6. The summed E-state index contributed by atoms with van der Waals surface area (Å²) in [6, 6.07) is 1.77. The molecular weight excluding hydrogens is 392 g/mol. The molecule has 8 heteroatoms. The molecule has 1 N–H and O–H groups in total. The fraction of sp³-hybridized carbons (Fsp3) is 0.682. The van der Waals surface area contributed by atoms with Gasteiger partial charge in [0.2, 0.25) is 0 Å². The summed E-state index contributed by atoms with van der Waals surface area (Å²) in [5.74, 6) is -2.18. The number of furan rings is 1. The number of ether oxygens (including phenoxy) is 3. The van der Waals surface area contributed by atoms with Gasteiger partial charge in [-0.2, -0.15) is 0 Å². The van der Waals surface area contributed by atoms with Gasteiger partial charge in [0, 0.05) is 31.7 Å². The van der Waals surface area contributed by atoms with Crippen molar-refractivity contribution in [3.63, 3.8) is 0 Å². The average molecular weight is 420 g/mol. The normalized spacial score (nSPS) is 40.5. The number of esters is 3. The Morgan fingerprint density at radius 1 is 1.20 bits per heavy atom. The molecule has 164 valence electrons. The predicted molar refractivity (Wildman–Crippen MR) is 102 cm³/mol. The zero-order valence-electron chi connectivity index (χ0n) is 17.4. The van der Waals surface area contributed by atoms with Crippen LogP contribution in [0.25, 0.3) is 0 Å². The second-order valence-corrected chi connectivity index (χ2v) is 9.04. The summed E-state index contributed by atoms with van der Waals surface area (Å²) in [7, 11) is 0. The van der Waals surface area contributed by atoms with Crippen molar-refractivity contribution in [2.75, 3.05) is 0 Å². The lowest BCUT2D eigenvalue weighted by Gasteiger charge is -2.59. The zero-order chi connectivity index (χ0) is 21.6. The molecule has 8 atom stereocenters. The molecule has 0 bridgehead atoms. The summed E-state index contributed by atoms with van der Waals surface area (Å²) < 4.78 is 22.1. The Morgan fingerprint density at radius 3 is 2.57 bits per heavy atom. The van der Waals surface area contributed by atoms with Gasteiger partial charge in [-0.25, -0.2) is 0 Å². The van der Waals surface area contributed by atoms with Crippen molar-refractivity contribution in [3.05, 3.63) is 24.2 Å². The quantitative estimate of drug-likeness (QED) is 0.586. The number of cyclic esters (lactones) is 1. The lowest BCUT2D eigenvalue weighted by atomic mass is 9.49. The van der Waals surface area contributed by atoms with Crippen LogP contribution >= 0.6 is 0 Å². The van der Waals surface area contributed by atoms with Gasteiger partial charge in [0.1, 0.15) is 18.3 Å². The van der Waals surface area contributed by atoms with Gasteiger partial charge in [0.25, 0.3) is 0 Å². The maximum Gasteiger partial charge on any atom is 0.310 e. The number of hydrogen-bond acceptors (Lipinski definition) is 8. The van der Waals surface area contributed by atoms with E-state index < -0.39 is 41.8 Å². The van der Waals surface area contributed by atoms with E-state index in [0.717, 1.165) is 5.56 Å². The van der Waals surface area contributed by atoms with Gasteiger partial charge in [0.15, 0.2) is 0 Å².